The number of ether oxygens (including phenoxy) is 1. The van der Waals surface area contributed by atoms with Gasteiger partial charge in [-0.25, -0.2) is 0 Å². The molecule has 3 rings (SSSR count). The van der Waals surface area contributed by atoms with Crippen molar-refractivity contribution in [2.24, 2.45) is 0 Å². The Morgan fingerprint density at radius 2 is 1.36 bits per heavy atom. The number of benzene rings is 2. The van der Waals surface area contributed by atoms with E-state index in [2.05, 4.69) is 0 Å². The van der Waals surface area contributed by atoms with E-state index >= 15 is 0 Å². The van der Waals surface area contributed by atoms with Crippen LogP contribution in [0.1, 0.15) is 0 Å². The molecule has 0 unspecified atom stereocenters. The van der Waals surface area contributed by atoms with Crippen molar-refractivity contribution in [1.82, 2.24) is 0 Å². The van der Waals surface area contributed by atoms with E-state index in [-0.39, 0.29) is 0 Å². The van der Waals surface area contributed by atoms with Gasteiger partial charge in [0.15, 0.2) is 0 Å². The monoisotopic (exact) mass is 316 g/mol. The molecule has 2 aromatic carbocycles. The predicted octanol–water partition coefficient (Wildman–Crippen LogP) is 0.916. The van der Waals surface area contributed by atoms with Gasteiger partial charge in [-0.05, 0) is 0 Å². The minimum Gasteiger partial charge on any atom is -0.370 e. The Morgan fingerprint density at radius 1 is 0.864 bits per heavy atom. The molecular formula is C18H23NO2P+. The molecule has 0 spiro atoms. The zero-order valence-corrected chi connectivity index (χ0v) is 13.7. The van der Waals surface area contributed by atoms with Crippen molar-refractivity contribution in [2.75, 3.05) is 39.0 Å². The number of nitrogens with one attached hydrogen (secondary N) is 1. The van der Waals surface area contributed by atoms with Crippen molar-refractivity contribution >= 4 is 17.8 Å². The fraction of sp³-hybridized carbons (Fsp3) is 0.333. The molecule has 1 saturated heterocycles. The van der Waals surface area contributed by atoms with Crippen molar-refractivity contribution < 1.29 is 14.2 Å². The van der Waals surface area contributed by atoms with Gasteiger partial charge in [0.2, 0.25) is 0 Å². The van der Waals surface area contributed by atoms with Gasteiger partial charge in [-0.15, -0.1) is 0 Å². The SMILES string of the molecule is O=P(CC[NH+]1CCOCC1)(c1ccccc1)c1ccccc1. The van der Waals surface area contributed by atoms with E-state index in [1.165, 1.54) is 4.90 Å². The largest absolute Gasteiger partial charge is 0.370 e. The molecule has 1 aliphatic rings. The zero-order valence-electron chi connectivity index (χ0n) is 12.8. The van der Waals surface area contributed by atoms with E-state index in [4.69, 9.17) is 4.74 Å². The molecule has 1 aliphatic heterocycles. The Kier molecular flexibility index (Phi) is 5.09. The van der Waals surface area contributed by atoms with Crippen LogP contribution in [0.4, 0.5) is 0 Å². The third kappa shape index (κ3) is 3.49. The lowest BCUT2D eigenvalue weighted by atomic mass is 10.4. The maximum Gasteiger partial charge on any atom is 0.148 e. The summed E-state index contributed by atoms with van der Waals surface area (Å²) in [7, 11) is -2.55. The lowest BCUT2D eigenvalue weighted by Gasteiger charge is -2.26. The van der Waals surface area contributed by atoms with Crippen molar-refractivity contribution in [3.05, 3.63) is 60.7 Å². The predicted molar refractivity (Wildman–Crippen MR) is 91.0 cm³/mol. The zero-order chi connectivity index (χ0) is 15.3. The third-order valence-electron chi connectivity index (χ3n) is 4.33. The van der Waals surface area contributed by atoms with Crippen molar-refractivity contribution in [3.63, 3.8) is 0 Å². The van der Waals surface area contributed by atoms with E-state index in [0.717, 1.165) is 49.6 Å². The highest BCUT2D eigenvalue weighted by molar-refractivity contribution is 7.78. The summed E-state index contributed by atoms with van der Waals surface area (Å²) >= 11 is 0. The first kappa shape index (κ1) is 15.5. The second-order valence-electron chi connectivity index (χ2n) is 5.75. The molecule has 22 heavy (non-hydrogen) atoms. The van der Waals surface area contributed by atoms with Crippen LogP contribution < -0.4 is 15.5 Å². The highest BCUT2D eigenvalue weighted by Gasteiger charge is 2.29. The summed E-state index contributed by atoms with van der Waals surface area (Å²) < 4.78 is 19.2. The Hall–Kier alpha value is -1.41. The van der Waals surface area contributed by atoms with E-state index in [1.54, 1.807) is 0 Å². The second-order valence-corrected chi connectivity index (χ2v) is 8.71. The van der Waals surface area contributed by atoms with Gasteiger partial charge >= 0.3 is 0 Å². The third-order valence-corrected chi connectivity index (χ3v) is 7.44. The topological polar surface area (TPSA) is 30.7 Å². The summed E-state index contributed by atoms with van der Waals surface area (Å²) in [5.74, 6) is 0. The Balaban J connectivity index is 1.85. The normalized spacial score (nSPS) is 16.5. The molecule has 1 heterocycles. The van der Waals surface area contributed by atoms with Crippen LogP contribution in [0.3, 0.4) is 0 Å². The molecule has 0 bridgehead atoms. The summed E-state index contributed by atoms with van der Waals surface area (Å²) in [6, 6.07) is 19.9. The summed E-state index contributed by atoms with van der Waals surface area (Å²) in [5.41, 5.74) is 0. The second kappa shape index (κ2) is 7.23. The van der Waals surface area contributed by atoms with Crippen LogP contribution in [0.25, 0.3) is 0 Å². The van der Waals surface area contributed by atoms with Gasteiger partial charge in [0.1, 0.15) is 20.2 Å². The van der Waals surface area contributed by atoms with Crippen LogP contribution in [-0.2, 0) is 9.30 Å². The van der Waals surface area contributed by atoms with E-state index in [1.807, 2.05) is 60.7 Å². The first-order chi connectivity index (χ1) is 10.8. The molecule has 1 N–H and O–H groups in total. The molecular weight excluding hydrogens is 293 g/mol. The van der Waals surface area contributed by atoms with Gasteiger partial charge in [-0.2, -0.15) is 0 Å². The van der Waals surface area contributed by atoms with Crippen molar-refractivity contribution in [2.45, 2.75) is 0 Å². The fourth-order valence-electron chi connectivity index (χ4n) is 2.97. The smallest absolute Gasteiger partial charge is 0.148 e. The lowest BCUT2D eigenvalue weighted by molar-refractivity contribution is -0.905. The lowest BCUT2D eigenvalue weighted by Crippen LogP contribution is -3.14. The van der Waals surface area contributed by atoms with Gasteiger partial charge in [-0.3, -0.25) is 0 Å². The molecule has 4 heteroatoms. The van der Waals surface area contributed by atoms with Gasteiger partial charge in [0, 0.05) is 10.6 Å². The number of morpholine rings is 1. The number of quaternary nitrogens is 1. The minimum atomic E-state index is -2.55. The summed E-state index contributed by atoms with van der Waals surface area (Å²) in [5, 5.41) is 1.93. The van der Waals surface area contributed by atoms with E-state index < -0.39 is 7.14 Å². The first-order valence-electron chi connectivity index (χ1n) is 7.91. The van der Waals surface area contributed by atoms with Crippen LogP contribution in [0.5, 0.6) is 0 Å². The minimum absolute atomic E-state index is 0.719. The molecule has 0 atom stereocenters. The van der Waals surface area contributed by atoms with Crippen LogP contribution in [0.2, 0.25) is 0 Å². The fourth-order valence-corrected chi connectivity index (χ4v) is 5.72. The molecule has 2 aromatic rings. The van der Waals surface area contributed by atoms with Gasteiger partial charge < -0.3 is 14.2 Å². The molecule has 3 nitrogen and oxygen atoms in total. The quantitative estimate of drug-likeness (QED) is 0.832. The standard InChI is InChI=1S/C18H22NO2P/c20-22(17-7-3-1-4-8-17,18-9-5-2-6-10-18)16-13-19-11-14-21-15-12-19/h1-10H,11-16H2/p+1. The highest BCUT2D eigenvalue weighted by atomic mass is 31.2. The summed E-state index contributed by atoms with van der Waals surface area (Å²) in [6.45, 7) is 4.60. The Morgan fingerprint density at radius 3 is 1.86 bits per heavy atom. The van der Waals surface area contributed by atoms with Crippen molar-refractivity contribution in [3.8, 4) is 0 Å². The molecule has 0 aliphatic carbocycles. The molecule has 0 radical (unpaired) electrons. The number of hydrogen-bond acceptors (Lipinski definition) is 2. The van der Waals surface area contributed by atoms with Gasteiger partial charge in [0.05, 0.1) is 25.9 Å². The van der Waals surface area contributed by atoms with Gasteiger partial charge in [0.25, 0.3) is 0 Å². The maximum atomic E-state index is 13.8. The molecule has 0 amide bonds. The summed E-state index contributed by atoms with van der Waals surface area (Å²) in [6.07, 6.45) is 0.719. The Bertz CT molecular complexity index is 581. The summed E-state index contributed by atoms with van der Waals surface area (Å²) in [4.78, 5) is 1.50. The van der Waals surface area contributed by atoms with Crippen LogP contribution in [0, 0.1) is 0 Å². The molecule has 1 fully saturated rings. The number of hydrogen-bond donors (Lipinski definition) is 1. The van der Waals surface area contributed by atoms with E-state index in [9.17, 15) is 4.57 Å². The van der Waals surface area contributed by atoms with Gasteiger partial charge in [-0.1, -0.05) is 60.7 Å². The van der Waals surface area contributed by atoms with Crippen LogP contribution in [0.15, 0.2) is 60.7 Å². The molecule has 0 saturated carbocycles. The highest BCUT2D eigenvalue weighted by Crippen LogP contribution is 2.42. The maximum absolute atomic E-state index is 13.8. The Labute approximate surface area is 132 Å². The van der Waals surface area contributed by atoms with E-state index in [0.29, 0.717) is 0 Å². The van der Waals surface area contributed by atoms with Crippen LogP contribution in [-0.4, -0.2) is 39.0 Å². The van der Waals surface area contributed by atoms with Crippen molar-refractivity contribution in [1.29, 1.82) is 0 Å². The average molecular weight is 316 g/mol. The molecule has 116 valence electrons. The number of rotatable bonds is 5. The first-order valence-corrected chi connectivity index (χ1v) is 9.80. The van der Waals surface area contributed by atoms with Crippen LogP contribution >= 0.6 is 7.14 Å². The molecule has 0 aromatic heterocycles. The average Bonchev–Trinajstić information content (AvgIpc) is 2.62.